The number of aromatic nitrogens is 1. The Bertz CT molecular complexity index is 738. The van der Waals surface area contributed by atoms with E-state index >= 15 is 0 Å². The lowest BCUT2D eigenvalue weighted by molar-refractivity contribution is -0.383. The summed E-state index contributed by atoms with van der Waals surface area (Å²) >= 11 is 0. The van der Waals surface area contributed by atoms with Gasteiger partial charge in [0.15, 0.2) is 5.82 Å². The second kappa shape index (κ2) is 5.08. The fourth-order valence-electron chi connectivity index (χ4n) is 2.61. The second-order valence-corrected chi connectivity index (χ2v) is 4.91. The molecule has 2 heterocycles. The van der Waals surface area contributed by atoms with Crippen molar-refractivity contribution in [2.75, 3.05) is 18.0 Å². The number of ketones is 1. The minimum Gasteiger partial charge on any atom is -0.367 e. The molecule has 0 spiro atoms. The Morgan fingerprint density at radius 1 is 1.33 bits per heavy atom. The zero-order valence-electron chi connectivity index (χ0n) is 11.1. The lowest BCUT2D eigenvalue weighted by Gasteiger charge is -2.29. The lowest BCUT2D eigenvalue weighted by Crippen LogP contribution is -2.34. The summed E-state index contributed by atoms with van der Waals surface area (Å²) in [7, 11) is 0. The Hall–Kier alpha value is -2.57. The fraction of sp³-hybridized carbons (Fsp3) is 0.286. The Kier molecular flexibility index (Phi) is 3.25. The molecular formula is C14H12FN3O3. The van der Waals surface area contributed by atoms with Crippen molar-refractivity contribution in [1.29, 1.82) is 0 Å². The Balaban J connectivity index is 2.19. The molecule has 2 aromatic rings. The maximum Gasteiger partial charge on any atom is 0.281 e. The topological polar surface area (TPSA) is 76.3 Å². The molecule has 0 aliphatic carbocycles. The first-order chi connectivity index (χ1) is 10.1. The molecule has 3 rings (SSSR count). The summed E-state index contributed by atoms with van der Waals surface area (Å²) in [4.78, 5) is 27.6. The molecule has 0 N–H and O–H groups in total. The van der Waals surface area contributed by atoms with Crippen molar-refractivity contribution >= 4 is 28.1 Å². The number of halogens is 1. The lowest BCUT2D eigenvalue weighted by atomic mass is 10.1. The van der Waals surface area contributed by atoms with Crippen LogP contribution < -0.4 is 4.90 Å². The average molecular weight is 289 g/mol. The number of nitrogens with zero attached hydrogens (tertiary/aromatic N) is 3. The van der Waals surface area contributed by atoms with Gasteiger partial charge in [0.2, 0.25) is 0 Å². The van der Waals surface area contributed by atoms with Gasteiger partial charge in [0.05, 0.1) is 16.4 Å². The zero-order chi connectivity index (χ0) is 15.0. The summed E-state index contributed by atoms with van der Waals surface area (Å²) in [6.45, 7) is 0.804. The number of carbonyl (C=O) groups excluding carboxylic acids is 1. The summed E-state index contributed by atoms with van der Waals surface area (Å²) in [6.07, 6.45) is 2.18. The van der Waals surface area contributed by atoms with Crippen LogP contribution in [-0.4, -0.2) is 28.8 Å². The van der Waals surface area contributed by atoms with Gasteiger partial charge in [-0.25, -0.2) is 4.39 Å². The molecule has 1 fully saturated rings. The molecule has 108 valence electrons. The van der Waals surface area contributed by atoms with E-state index in [9.17, 15) is 19.3 Å². The van der Waals surface area contributed by atoms with Crippen molar-refractivity contribution in [3.05, 3.63) is 40.3 Å². The van der Waals surface area contributed by atoms with E-state index in [1.165, 1.54) is 6.20 Å². The Morgan fingerprint density at radius 3 is 2.71 bits per heavy atom. The molecule has 1 aromatic heterocycles. The summed E-state index contributed by atoms with van der Waals surface area (Å²) < 4.78 is 14.4. The highest BCUT2D eigenvalue weighted by molar-refractivity contribution is 5.98. The minimum atomic E-state index is -0.678. The first-order valence-corrected chi connectivity index (χ1v) is 6.56. The standard InChI is InChI=1S/C14H12FN3O3/c15-11-8-12(18(20)21)10-2-1-5-16-13(10)14(11)17-6-3-9(19)4-7-17/h1-2,5,8H,3-4,6-7H2. The maximum absolute atomic E-state index is 14.4. The first-order valence-electron chi connectivity index (χ1n) is 6.56. The quantitative estimate of drug-likeness (QED) is 0.627. The number of hydrogen-bond acceptors (Lipinski definition) is 5. The number of Topliss-reactive ketones (excluding diaryl/α,β-unsaturated/α-hetero) is 1. The number of nitro benzene ring substituents is 1. The van der Waals surface area contributed by atoms with Crippen LogP contribution in [0.5, 0.6) is 0 Å². The van der Waals surface area contributed by atoms with Gasteiger partial charge in [-0.15, -0.1) is 0 Å². The molecule has 0 amide bonds. The number of non-ortho nitro benzene ring substituents is 1. The van der Waals surface area contributed by atoms with Gasteiger partial charge < -0.3 is 4.90 Å². The number of benzene rings is 1. The third kappa shape index (κ3) is 2.31. The molecule has 1 saturated heterocycles. The minimum absolute atomic E-state index is 0.144. The van der Waals surface area contributed by atoms with Crippen LogP contribution in [0.1, 0.15) is 12.8 Å². The highest BCUT2D eigenvalue weighted by atomic mass is 19.1. The van der Waals surface area contributed by atoms with Crippen LogP contribution in [0, 0.1) is 15.9 Å². The summed E-state index contributed by atoms with van der Waals surface area (Å²) in [6, 6.07) is 4.06. The largest absolute Gasteiger partial charge is 0.367 e. The van der Waals surface area contributed by atoms with E-state index < -0.39 is 10.7 Å². The van der Waals surface area contributed by atoms with E-state index in [2.05, 4.69) is 4.98 Å². The van der Waals surface area contributed by atoms with Gasteiger partial charge in [-0.05, 0) is 12.1 Å². The van der Waals surface area contributed by atoms with E-state index in [1.54, 1.807) is 17.0 Å². The molecule has 6 nitrogen and oxygen atoms in total. The SMILES string of the molecule is O=C1CCN(c2c(F)cc([N+](=O)[O-])c3cccnc23)CC1. The van der Waals surface area contributed by atoms with Gasteiger partial charge in [0.1, 0.15) is 17.0 Å². The highest BCUT2D eigenvalue weighted by Gasteiger charge is 2.26. The number of piperidine rings is 1. The molecule has 1 aliphatic rings. The fourth-order valence-corrected chi connectivity index (χ4v) is 2.61. The van der Waals surface area contributed by atoms with E-state index in [0.29, 0.717) is 31.3 Å². The van der Waals surface area contributed by atoms with Gasteiger partial charge in [-0.2, -0.15) is 0 Å². The highest BCUT2D eigenvalue weighted by Crippen LogP contribution is 2.35. The number of hydrogen-bond donors (Lipinski definition) is 0. The van der Waals surface area contributed by atoms with Crippen LogP contribution in [0.3, 0.4) is 0 Å². The third-order valence-corrected chi connectivity index (χ3v) is 3.63. The summed E-state index contributed by atoms with van der Waals surface area (Å²) in [5.41, 5.74) is 0.203. The summed E-state index contributed by atoms with van der Waals surface area (Å²) in [5.74, 6) is -0.534. The molecule has 0 radical (unpaired) electrons. The van der Waals surface area contributed by atoms with Crippen molar-refractivity contribution < 1.29 is 14.1 Å². The maximum atomic E-state index is 14.4. The van der Waals surface area contributed by atoms with Crippen molar-refractivity contribution in [3.63, 3.8) is 0 Å². The molecular weight excluding hydrogens is 277 g/mol. The van der Waals surface area contributed by atoms with Crippen LogP contribution in [0.25, 0.3) is 10.9 Å². The normalized spacial score (nSPS) is 15.5. The van der Waals surface area contributed by atoms with Crippen molar-refractivity contribution in [3.8, 4) is 0 Å². The molecule has 7 heteroatoms. The van der Waals surface area contributed by atoms with Crippen molar-refractivity contribution in [2.45, 2.75) is 12.8 Å². The number of carbonyl (C=O) groups is 1. The number of fused-ring (bicyclic) bond motifs is 1. The smallest absolute Gasteiger partial charge is 0.281 e. The van der Waals surface area contributed by atoms with Gasteiger partial charge in [-0.3, -0.25) is 19.9 Å². The Morgan fingerprint density at radius 2 is 2.05 bits per heavy atom. The molecule has 1 aliphatic heterocycles. The average Bonchev–Trinajstić information content (AvgIpc) is 2.47. The molecule has 0 unspecified atom stereocenters. The van der Waals surface area contributed by atoms with Crippen molar-refractivity contribution in [1.82, 2.24) is 4.98 Å². The van der Waals surface area contributed by atoms with Gasteiger partial charge in [0, 0.05) is 32.1 Å². The second-order valence-electron chi connectivity index (χ2n) is 4.91. The van der Waals surface area contributed by atoms with E-state index in [1.807, 2.05) is 0 Å². The molecule has 0 atom stereocenters. The van der Waals surface area contributed by atoms with E-state index in [-0.39, 0.29) is 22.7 Å². The molecule has 21 heavy (non-hydrogen) atoms. The van der Waals surface area contributed by atoms with Crippen LogP contribution in [-0.2, 0) is 4.79 Å². The molecule has 0 bridgehead atoms. The monoisotopic (exact) mass is 289 g/mol. The first kappa shape index (κ1) is 13.4. The predicted molar refractivity (Wildman–Crippen MR) is 74.8 cm³/mol. The summed E-state index contributed by atoms with van der Waals surface area (Å²) in [5, 5.41) is 11.4. The Labute approximate surface area is 119 Å². The number of rotatable bonds is 2. The van der Waals surface area contributed by atoms with Crippen LogP contribution in [0.15, 0.2) is 24.4 Å². The predicted octanol–water partition coefficient (Wildman–Crippen LogP) is 2.45. The molecule has 1 aromatic carbocycles. The molecule has 0 saturated carbocycles. The number of anilines is 1. The van der Waals surface area contributed by atoms with Crippen LogP contribution >= 0.6 is 0 Å². The number of pyridine rings is 1. The van der Waals surface area contributed by atoms with Gasteiger partial charge in [-0.1, -0.05) is 0 Å². The van der Waals surface area contributed by atoms with Gasteiger partial charge >= 0.3 is 0 Å². The van der Waals surface area contributed by atoms with E-state index in [4.69, 9.17) is 0 Å². The third-order valence-electron chi connectivity index (χ3n) is 3.63. The number of nitro groups is 1. The van der Waals surface area contributed by atoms with Crippen LogP contribution in [0.2, 0.25) is 0 Å². The zero-order valence-corrected chi connectivity index (χ0v) is 11.1. The van der Waals surface area contributed by atoms with Crippen LogP contribution in [0.4, 0.5) is 15.8 Å². The van der Waals surface area contributed by atoms with Crippen molar-refractivity contribution in [2.24, 2.45) is 0 Å². The van der Waals surface area contributed by atoms with E-state index in [0.717, 1.165) is 6.07 Å². The van der Waals surface area contributed by atoms with Gasteiger partial charge in [0.25, 0.3) is 5.69 Å².